The van der Waals surface area contributed by atoms with E-state index in [1.165, 1.54) is 9.21 Å². The molecule has 250 valence electrons. The first-order chi connectivity index (χ1) is 20.3. The number of ketones is 1. The quantitative estimate of drug-likeness (QED) is 0.130. The van der Waals surface area contributed by atoms with E-state index >= 15 is 0 Å². The highest BCUT2D eigenvalue weighted by molar-refractivity contribution is 14.2. The zero-order valence-corrected chi connectivity index (χ0v) is 30.1. The summed E-state index contributed by atoms with van der Waals surface area (Å²) in [5, 5.41) is 11.0. The van der Waals surface area contributed by atoms with Crippen LogP contribution in [0.4, 0.5) is 4.79 Å². The third-order valence-electron chi connectivity index (χ3n) is 8.09. The number of Topliss-reactive ketones (excluding diaryl/α,β-unsaturated/α-hetero) is 1. The lowest BCUT2D eigenvalue weighted by molar-refractivity contribution is -0.143. The van der Waals surface area contributed by atoms with Crippen LogP contribution in [0.15, 0.2) is 0 Å². The van der Waals surface area contributed by atoms with Crippen LogP contribution in [0.3, 0.4) is 0 Å². The van der Waals surface area contributed by atoms with Crippen LogP contribution >= 0.6 is 20.7 Å². The minimum atomic E-state index is -3.37. The van der Waals surface area contributed by atoms with Crippen LogP contribution in [0.25, 0.3) is 0 Å². The van der Waals surface area contributed by atoms with Crippen LogP contribution in [-0.2, 0) is 29.2 Å². The number of hydrogen-bond acceptors (Lipinski definition) is 7. The molecule has 2 saturated heterocycles. The van der Waals surface area contributed by atoms with Crippen molar-refractivity contribution < 1.29 is 32.4 Å². The molecule has 0 aromatic heterocycles. The van der Waals surface area contributed by atoms with E-state index in [-0.39, 0.29) is 43.5 Å². The summed E-state index contributed by atoms with van der Waals surface area (Å²) in [6.07, 6.45) is 1.40. The standard InChI is InChI=1S/C29H49IN6O7S/c1-9-12-18(22(37)25(39)31-10-2)32-24(38)21-20-17(30-20)15-36(21)26(40)23(29(6,7)8)34-27(41)33-19(28(3,4)5)16-35-13-11-14-44(35,42)43/h18-21,23H,9-16H2,1-8H3,(H,31,39)(H,32,38)(H2,33,34,41)/t18?,19-,20+,21+,23-/m1/s1. The van der Waals surface area contributed by atoms with Gasteiger partial charge in [0.15, 0.2) is 0 Å². The maximum Gasteiger partial charge on any atom is 0.315 e. The molecule has 5 atom stereocenters. The Morgan fingerprint density at radius 3 is 2.16 bits per heavy atom. The number of hydrogen-bond donors (Lipinski definition) is 4. The summed E-state index contributed by atoms with van der Waals surface area (Å²) in [6, 6.07) is -3.91. The number of halogens is 1. The van der Waals surface area contributed by atoms with E-state index in [2.05, 4.69) is 21.3 Å². The van der Waals surface area contributed by atoms with Crippen molar-refractivity contribution in [3.63, 3.8) is 0 Å². The minimum absolute atomic E-state index is 0.0262. The molecule has 0 aromatic rings. The van der Waals surface area contributed by atoms with Gasteiger partial charge in [0.25, 0.3) is 5.91 Å². The summed E-state index contributed by atoms with van der Waals surface area (Å²) < 4.78 is 27.4. The molecule has 0 saturated carbocycles. The Balaban J connectivity index is 1.76. The van der Waals surface area contributed by atoms with Crippen LogP contribution in [0.1, 0.15) is 74.7 Å². The van der Waals surface area contributed by atoms with Gasteiger partial charge in [0.05, 0.1) is 15.7 Å². The molecule has 3 aliphatic heterocycles. The zero-order valence-electron chi connectivity index (χ0n) is 27.1. The van der Waals surface area contributed by atoms with Crippen molar-refractivity contribution in [2.24, 2.45) is 10.8 Å². The molecule has 1 unspecified atom stereocenters. The molecule has 13 nitrogen and oxygen atoms in total. The van der Waals surface area contributed by atoms with Gasteiger partial charge in [-0.2, -0.15) is 4.31 Å². The van der Waals surface area contributed by atoms with Crippen LogP contribution in [0.5, 0.6) is 0 Å². The fourth-order valence-corrected chi connectivity index (χ4v) is 9.76. The lowest BCUT2D eigenvalue weighted by Crippen LogP contribution is -2.62. The highest BCUT2D eigenvalue weighted by Gasteiger charge is 2.54. The number of fused-ring (bicyclic) bond motifs is 1. The molecule has 4 N–H and O–H groups in total. The van der Waals surface area contributed by atoms with Crippen molar-refractivity contribution in [2.45, 2.75) is 103 Å². The molecule has 3 aliphatic rings. The summed E-state index contributed by atoms with van der Waals surface area (Å²) in [7, 11) is -3.37. The maximum atomic E-state index is 14.1. The SMILES string of the molecule is CCCC(NC(=O)[C@@H]1[C@H]2I=C2CN1C(=O)[C@@H](NC(=O)N[C@H](CN1CCCS1(=O)=O)C(C)(C)C)C(C)(C)C)C(=O)C(=O)NCC. The zero-order chi connectivity index (χ0) is 33.2. The number of sulfonamides is 1. The number of rotatable bonds is 12. The van der Waals surface area contributed by atoms with E-state index in [4.69, 9.17) is 0 Å². The lowest BCUT2D eigenvalue weighted by Gasteiger charge is -2.38. The second kappa shape index (κ2) is 14.1. The van der Waals surface area contributed by atoms with Crippen molar-refractivity contribution in [2.75, 3.05) is 31.9 Å². The lowest BCUT2D eigenvalue weighted by atomic mass is 9.85. The van der Waals surface area contributed by atoms with Gasteiger partial charge in [0.1, 0.15) is 12.1 Å². The third-order valence-corrected chi connectivity index (χ3v) is 13.3. The van der Waals surface area contributed by atoms with Gasteiger partial charge in [0, 0.05) is 32.2 Å². The highest BCUT2D eigenvalue weighted by atomic mass is 127. The number of likely N-dealkylation sites (N-methyl/N-ethyl adjacent to an activating group) is 1. The molecule has 0 radical (unpaired) electrons. The fourth-order valence-electron chi connectivity index (χ4n) is 5.38. The molecule has 44 heavy (non-hydrogen) atoms. The maximum absolute atomic E-state index is 14.1. The number of nitrogens with zero attached hydrogens (tertiary/aromatic N) is 2. The second-order valence-electron chi connectivity index (χ2n) is 13.8. The molecule has 3 heterocycles. The molecule has 0 bridgehead atoms. The molecular weight excluding hydrogens is 703 g/mol. The summed E-state index contributed by atoms with van der Waals surface area (Å²) in [5.41, 5.74) is -1.20. The first-order valence-electron chi connectivity index (χ1n) is 15.3. The number of amides is 5. The van der Waals surface area contributed by atoms with E-state index in [1.54, 1.807) is 6.92 Å². The molecule has 3 rings (SSSR count). The summed E-state index contributed by atoms with van der Waals surface area (Å²) in [6.45, 7) is 15.9. The van der Waals surface area contributed by atoms with Crippen molar-refractivity contribution in [3.8, 4) is 0 Å². The molecule has 2 fully saturated rings. The predicted molar refractivity (Wildman–Crippen MR) is 177 cm³/mol. The minimum Gasteiger partial charge on any atom is -0.350 e. The molecule has 0 spiro atoms. The Kier molecular flexibility index (Phi) is 11.6. The van der Waals surface area contributed by atoms with Crippen LogP contribution in [0, 0.1) is 10.8 Å². The number of likely N-dealkylation sites (tertiary alicyclic amines) is 1. The number of urea groups is 1. The number of nitrogens with one attached hydrogen (secondary N) is 4. The Morgan fingerprint density at radius 2 is 1.64 bits per heavy atom. The highest BCUT2D eigenvalue weighted by Crippen LogP contribution is 2.43. The third kappa shape index (κ3) is 8.77. The van der Waals surface area contributed by atoms with Gasteiger partial charge in [0.2, 0.25) is 27.6 Å². The summed E-state index contributed by atoms with van der Waals surface area (Å²) in [4.78, 5) is 67.5. The Labute approximate surface area is 271 Å². The number of carbonyl (C=O) groups is 5. The van der Waals surface area contributed by atoms with Crippen molar-refractivity contribution in [3.05, 3.63) is 0 Å². The molecule has 0 aromatic carbocycles. The van der Waals surface area contributed by atoms with E-state index in [0.29, 0.717) is 32.4 Å². The summed E-state index contributed by atoms with van der Waals surface area (Å²) in [5.74, 6) is -2.26. The molecule has 0 aliphatic carbocycles. The monoisotopic (exact) mass is 752 g/mol. The van der Waals surface area contributed by atoms with Gasteiger partial charge in [-0.15, -0.1) is 20.7 Å². The topological polar surface area (TPSA) is 174 Å². The average molecular weight is 753 g/mol. The van der Waals surface area contributed by atoms with Gasteiger partial charge in [-0.05, 0) is 34.1 Å². The van der Waals surface area contributed by atoms with Crippen LogP contribution in [-0.4, -0.2) is 111 Å². The van der Waals surface area contributed by atoms with Crippen LogP contribution < -0.4 is 21.3 Å². The Hall–Kier alpha value is -2.14. The largest absolute Gasteiger partial charge is 0.350 e. The van der Waals surface area contributed by atoms with E-state index < -0.39 is 74.6 Å². The van der Waals surface area contributed by atoms with Gasteiger partial charge < -0.3 is 26.2 Å². The van der Waals surface area contributed by atoms with Crippen molar-refractivity contribution in [1.29, 1.82) is 0 Å². The van der Waals surface area contributed by atoms with Crippen molar-refractivity contribution in [1.82, 2.24) is 30.5 Å². The summed E-state index contributed by atoms with van der Waals surface area (Å²) >= 11 is -0.360. The van der Waals surface area contributed by atoms with Gasteiger partial charge in [-0.1, -0.05) is 54.9 Å². The number of carbonyl (C=O) groups excluding carboxylic acids is 5. The van der Waals surface area contributed by atoms with E-state index in [9.17, 15) is 32.4 Å². The first-order valence-corrected chi connectivity index (χ1v) is 19.2. The van der Waals surface area contributed by atoms with E-state index in [1.807, 2.05) is 48.5 Å². The first kappa shape index (κ1) is 36.3. The van der Waals surface area contributed by atoms with Crippen molar-refractivity contribution >= 4 is 63.8 Å². The second-order valence-corrected chi connectivity index (χ2v) is 19.2. The van der Waals surface area contributed by atoms with E-state index in [0.717, 1.165) is 3.51 Å². The molecule has 5 amide bonds. The molecular formula is C29H49IN6O7S. The Bertz CT molecular complexity index is 1290. The smallest absolute Gasteiger partial charge is 0.315 e. The van der Waals surface area contributed by atoms with Crippen LogP contribution in [0.2, 0.25) is 0 Å². The van der Waals surface area contributed by atoms with Gasteiger partial charge in [-0.25, -0.2) is 13.2 Å². The predicted octanol–water partition coefficient (Wildman–Crippen LogP) is 0.877. The van der Waals surface area contributed by atoms with Gasteiger partial charge >= 0.3 is 6.03 Å². The average Bonchev–Trinajstić information content (AvgIpc) is 3.43. The number of alkyl halides is 1. The van der Waals surface area contributed by atoms with Gasteiger partial charge in [-0.3, -0.25) is 19.2 Å². The Morgan fingerprint density at radius 1 is 0.977 bits per heavy atom. The fraction of sp³-hybridized carbons (Fsp3) is 0.793. The normalized spacial score (nSPS) is 23.3. The molecule has 15 heteroatoms.